The maximum absolute atomic E-state index is 4.40. The predicted octanol–water partition coefficient (Wildman–Crippen LogP) is 1.68. The number of aromatic amines is 1. The fourth-order valence-electron chi connectivity index (χ4n) is 0.908. The molecule has 1 heterocycles. The highest BCUT2D eigenvalue weighted by molar-refractivity contribution is 7.99. The van der Waals surface area contributed by atoms with Crippen molar-refractivity contribution in [3.8, 4) is 0 Å². The summed E-state index contributed by atoms with van der Waals surface area (Å²) < 4.78 is 0. The van der Waals surface area contributed by atoms with Crippen LogP contribution >= 0.6 is 11.8 Å². The van der Waals surface area contributed by atoms with Gasteiger partial charge in [-0.05, 0) is 27.9 Å². The van der Waals surface area contributed by atoms with Crippen LogP contribution in [0.5, 0.6) is 0 Å². The summed E-state index contributed by atoms with van der Waals surface area (Å²) in [6.45, 7) is 5.17. The Kier molecular flexibility index (Phi) is 3.81. The van der Waals surface area contributed by atoms with Gasteiger partial charge in [0.2, 0.25) is 0 Å². The van der Waals surface area contributed by atoms with Crippen LogP contribution < -0.4 is 0 Å². The molecule has 0 unspecified atom stereocenters. The van der Waals surface area contributed by atoms with Gasteiger partial charge < -0.3 is 9.88 Å². The second-order valence-electron chi connectivity index (χ2n) is 3.40. The number of nitrogens with zero attached hydrogens (tertiary/aromatic N) is 2. The minimum Gasteiger partial charge on any atom is -0.337 e. The lowest BCUT2D eigenvalue weighted by atomic mass is 10.4. The molecule has 1 rings (SSSR count). The number of nitrogens with one attached hydrogen (secondary N) is 1. The first-order valence-electron chi connectivity index (χ1n) is 4.40. The third-order valence-electron chi connectivity index (χ3n) is 1.88. The van der Waals surface area contributed by atoms with Gasteiger partial charge in [-0.2, -0.15) is 0 Å². The van der Waals surface area contributed by atoms with Crippen LogP contribution in [0.4, 0.5) is 0 Å². The van der Waals surface area contributed by atoms with E-state index >= 15 is 0 Å². The van der Waals surface area contributed by atoms with E-state index in [9.17, 15) is 0 Å². The first kappa shape index (κ1) is 10.6. The fraction of sp³-hybridized carbons (Fsp3) is 0.667. The van der Waals surface area contributed by atoms with Gasteiger partial charge >= 0.3 is 0 Å². The molecule has 0 saturated heterocycles. The second-order valence-corrected chi connectivity index (χ2v) is 4.49. The van der Waals surface area contributed by atoms with Gasteiger partial charge in [-0.3, -0.25) is 0 Å². The van der Waals surface area contributed by atoms with Gasteiger partial charge in [0.25, 0.3) is 0 Å². The Hall–Kier alpha value is -0.480. The van der Waals surface area contributed by atoms with Crippen LogP contribution in [0.3, 0.4) is 0 Å². The predicted molar refractivity (Wildman–Crippen MR) is 57.3 cm³/mol. The van der Waals surface area contributed by atoms with Crippen molar-refractivity contribution in [3.63, 3.8) is 0 Å². The molecule has 0 amide bonds. The van der Waals surface area contributed by atoms with Crippen molar-refractivity contribution in [2.75, 3.05) is 26.4 Å². The molecule has 0 radical (unpaired) electrons. The molecular weight excluding hydrogens is 182 g/mol. The molecule has 0 saturated carbocycles. The first-order chi connectivity index (χ1) is 6.09. The van der Waals surface area contributed by atoms with Gasteiger partial charge in [0.1, 0.15) is 0 Å². The Bertz CT molecular complexity index is 248. The van der Waals surface area contributed by atoms with E-state index in [1.54, 1.807) is 11.8 Å². The Labute approximate surface area is 83.9 Å². The van der Waals surface area contributed by atoms with E-state index in [2.05, 4.69) is 35.9 Å². The second kappa shape index (κ2) is 4.67. The fourth-order valence-corrected chi connectivity index (χ4v) is 1.98. The highest BCUT2D eigenvalue weighted by Crippen LogP contribution is 2.15. The van der Waals surface area contributed by atoms with E-state index in [-0.39, 0.29) is 0 Å². The normalized spacial score (nSPS) is 11.2. The SMILES string of the molecule is Cc1nc(SCCN(C)C)[nH]c1C. The van der Waals surface area contributed by atoms with Crippen LogP contribution in [0.2, 0.25) is 0 Å². The maximum atomic E-state index is 4.40. The quantitative estimate of drug-likeness (QED) is 0.749. The average Bonchev–Trinajstić information content (AvgIpc) is 2.30. The lowest BCUT2D eigenvalue weighted by Crippen LogP contribution is -2.14. The van der Waals surface area contributed by atoms with Gasteiger partial charge in [0, 0.05) is 18.0 Å². The highest BCUT2D eigenvalue weighted by atomic mass is 32.2. The number of rotatable bonds is 4. The van der Waals surface area contributed by atoms with Crippen molar-refractivity contribution >= 4 is 11.8 Å². The Balaban J connectivity index is 2.37. The first-order valence-corrected chi connectivity index (χ1v) is 5.39. The number of imidazole rings is 1. The highest BCUT2D eigenvalue weighted by Gasteiger charge is 2.02. The number of hydrogen-bond donors (Lipinski definition) is 1. The molecule has 0 aromatic carbocycles. The molecule has 0 aliphatic heterocycles. The van der Waals surface area contributed by atoms with Crippen LogP contribution in [-0.4, -0.2) is 41.3 Å². The largest absolute Gasteiger partial charge is 0.337 e. The van der Waals surface area contributed by atoms with E-state index in [0.29, 0.717) is 0 Å². The minimum absolute atomic E-state index is 1.04. The van der Waals surface area contributed by atoms with Gasteiger partial charge in [0.15, 0.2) is 5.16 Å². The summed E-state index contributed by atoms with van der Waals surface area (Å²) in [5.41, 5.74) is 2.28. The van der Waals surface area contributed by atoms with Crippen molar-refractivity contribution in [3.05, 3.63) is 11.4 Å². The standard InChI is InChI=1S/C9H17N3S/c1-7-8(2)11-9(10-7)13-6-5-12(3)4/h5-6H2,1-4H3,(H,10,11). The third-order valence-corrected chi connectivity index (χ3v) is 2.74. The van der Waals surface area contributed by atoms with Crippen molar-refractivity contribution in [1.29, 1.82) is 0 Å². The molecule has 0 aliphatic carbocycles. The summed E-state index contributed by atoms with van der Waals surface area (Å²) in [7, 11) is 4.17. The zero-order valence-electron chi connectivity index (χ0n) is 8.72. The lowest BCUT2D eigenvalue weighted by molar-refractivity contribution is 0.437. The number of thioether (sulfide) groups is 1. The van der Waals surface area contributed by atoms with Gasteiger partial charge in [0.05, 0.1) is 5.69 Å². The summed E-state index contributed by atoms with van der Waals surface area (Å²) in [6, 6.07) is 0. The average molecular weight is 199 g/mol. The van der Waals surface area contributed by atoms with E-state index in [0.717, 1.165) is 23.1 Å². The summed E-state index contributed by atoms with van der Waals surface area (Å²) in [5, 5.41) is 1.04. The number of aryl methyl sites for hydroxylation is 2. The smallest absolute Gasteiger partial charge is 0.165 e. The molecule has 1 aromatic heterocycles. The molecule has 1 N–H and O–H groups in total. The van der Waals surface area contributed by atoms with Crippen LogP contribution in [0, 0.1) is 13.8 Å². The summed E-state index contributed by atoms with van der Waals surface area (Å²) >= 11 is 1.78. The zero-order chi connectivity index (χ0) is 9.84. The molecule has 0 aliphatic rings. The Morgan fingerprint density at radius 3 is 2.54 bits per heavy atom. The van der Waals surface area contributed by atoms with Crippen molar-refractivity contribution in [2.24, 2.45) is 0 Å². The number of aromatic nitrogens is 2. The molecule has 3 nitrogen and oxygen atoms in total. The van der Waals surface area contributed by atoms with Crippen LogP contribution in [0.25, 0.3) is 0 Å². The van der Waals surface area contributed by atoms with Gasteiger partial charge in [-0.1, -0.05) is 11.8 Å². The molecule has 0 atom stereocenters. The van der Waals surface area contributed by atoms with Gasteiger partial charge in [-0.15, -0.1) is 0 Å². The van der Waals surface area contributed by atoms with E-state index < -0.39 is 0 Å². The number of H-pyrrole nitrogens is 1. The zero-order valence-corrected chi connectivity index (χ0v) is 9.53. The molecule has 13 heavy (non-hydrogen) atoms. The lowest BCUT2D eigenvalue weighted by Gasteiger charge is -2.06. The summed E-state index contributed by atoms with van der Waals surface area (Å²) in [6.07, 6.45) is 0. The maximum Gasteiger partial charge on any atom is 0.165 e. The third kappa shape index (κ3) is 3.40. The topological polar surface area (TPSA) is 31.9 Å². The van der Waals surface area contributed by atoms with Crippen molar-refractivity contribution in [1.82, 2.24) is 14.9 Å². The summed E-state index contributed by atoms with van der Waals surface area (Å²) in [4.78, 5) is 9.82. The van der Waals surface area contributed by atoms with E-state index in [4.69, 9.17) is 0 Å². The molecule has 74 valence electrons. The van der Waals surface area contributed by atoms with Crippen LogP contribution in [-0.2, 0) is 0 Å². The molecule has 0 bridgehead atoms. The molecule has 1 aromatic rings. The van der Waals surface area contributed by atoms with E-state index in [1.807, 2.05) is 6.92 Å². The van der Waals surface area contributed by atoms with Gasteiger partial charge in [-0.25, -0.2) is 4.98 Å². The number of hydrogen-bond acceptors (Lipinski definition) is 3. The van der Waals surface area contributed by atoms with Crippen LogP contribution in [0.15, 0.2) is 5.16 Å². The Morgan fingerprint density at radius 1 is 1.38 bits per heavy atom. The minimum atomic E-state index is 1.04. The monoisotopic (exact) mass is 199 g/mol. The Morgan fingerprint density at radius 2 is 2.08 bits per heavy atom. The van der Waals surface area contributed by atoms with Crippen molar-refractivity contribution < 1.29 is 0 Å². The van der Waals surface area contributed by atoms with Crippen molar-refractivity contribution in [2.45, 2.75) is 19.0 Å². The van der Waals surface area contributed by atoms with Crippen LogP contribution in [0.1, 0.15) is 11.4 Å². The molecule has 0 spiro atoms. The van der Waals surface area contributed by atoms with E-state index in [1.165, 1.54) is 5.69 Å². The molecule has 4 heteroatoms. The molecular formula is C9H17N3S. The summed E-state index contributed by atoms with van der Waals surface area (Å²) in [5.74, 6) is 1.08. The molecule has 0 fully saturated rings.